The number of benzene rings is 2. The van der Waals surface area contributed by atoms with Crippen LogP contribution in [0.2, 0.25) is 10.0 Å². The highest BCUT2D eigenvalue weighted by atomic mass is 35.5. The fourth-order valence-electron chi connectivity index (χ4n) is 6.27. The fourth-order valence-corrected chi connectivity index (χ4v) is 6.58. The molecule has 0 aliphatic carbocycles. The molecule has 3 aliphatic rings. The molecule has 0 aromatic heterocycles. The van der Waals surface area contributed by atoms with Crippen molar-refractivity contribution in [2.24, 2.45) is 5.92 Å². The monoisotopic (exact) mass is 615 g/mol. The zero-order chi connectivity index (χ0) is 29.8. The summed E-state index contributed by atoms with van der Waals surface area (Å²) in [6.07, 6.45) is 1.98. The van der Waals surface area contributed by atoms with Gasteiger partial charge in [-0.15, -0.1) is 0 Å². The molecule has 3 fully saturated rings. The lowest BCUT2D eigenvalue weighted by atomic mass is 9.83. The van der Waals surface area contributed by atoms with Crippen molar-refractivity contribution in [2.75, 3.05) is 65.0 Å². The molecular formula is C31H39Cl2N5O4. The first kappa shape index (κ1) is 30.6. The van der Waals surface area contributed by atoms with Crippen LogP contribution in [0, 0.1) is 5.92 Å². The maximum atomic E-state index is 13.7. The van der Waals surface area contributed by atoms with Gasteiger partial charge in [0.25, 0.3) is 5.91 Å². The minimum atomic E-state index is -0.135. The van der Waals surface area contributed by atoms with Crippen LogP contribution < -0.4 is 5.43 Å². The number of carbonyl (C=O) groups excluding carboxylic acids is 3. The fraction of sp³-hybridized carbons (Fsp3) is 0.516. The number of likely N-dealkylation sites (N-methyl/N-ethyl adjacent to an activating group) is 1. The van der Waals surface area contributed by atoms with Crippen LogP contribution in [-0.2, 0) is 14.3 Å². The van der Waals surface area contributed by atoms with Crippen molar-refractivity contribution in [1.82, 2.24) is 19.7 Å². The summed E-state index contributed by atoms with van der Waals surface area (Å²) in [5.74, 6) is -0.128. The topological polar surface area (TPSA) is 85.4 Å². The second-order valence-electron chi connectivity index (χ2n) is 11.4. The smallest absolute Gasteiger partial charge is 0.253 e. The zero-order valence-corrected chi connectivity index (χ0v) is 25.7. The number of rotatable bonds is 6. The van der Waals surface area contributed by atoms with Crippen LogP contribution in [0.25, 0.3) is 0 Å². The number of nitrogens with zero attached hydrogens (tertiary/aromatic N) is 4. The number of piperidine rings is 2. The second kappa shape index (κ2) is 13.6. The highest BCUT2D eigenvalue weighted by Gasteiger charge is 2.39. The summed E-state index contributed by atoms with van der Waals surface area (Å²) in [7, 11) is 1.84. The number of hydrogen-bond donors (Lipinski definition) is 1. The number of likely N-dealkylation sites (tertiary alicyclic amines) is 2. The number of amides is 3. The minimum Gasteiger partial charge on any atom is -0.379 e. The number of morpholine rings is 1. The lowest BCUT2D eigenvalue weighted by Gasteiger charge is -2.44. The van der Waals surface area contributed by atoms with E-state index in [1.54, 1.807) is 17.9 Å². The molecule has 0 bridgehead atoms. The minimum absolute atomic E-state index is 0.0529. The zero-order valence-electron chi connectivity index (χ0n) is 24.2. The predicted molar refractivity (Wildman–Crippen MR) is 164 cm³/mol. The highest BCUT2D eigenvalue weighted by molar-refractivity contribution is 6.42. The van der Waals surface area contributed by atoms with E-state index in [4.69, 9.17) is 27.9 Å². The van der Waals surface area contributed by atoms with Crippen LogP contribution in [0.4, 0.5) is 5.69 Å². The molecule has 0 spiro atoms. The molecule has 3 aliphatic heterocycles. The van der Waals surface area contributed by atoms with Gasteiger partial charge in [0.1, 0.15) is 0 Å². The summed E-state index contributed by atoms with van der Waals surface area (Å²) in [6.45, 7) is 6.82. The van der Waals surface area contributed by atoms with Crippen LogP contribution in [0.15, 0.2) is 42.5 Å². The van der Waals surface area contributed by atoms with Gasteiger partial charge in [-0.2, -0.15) is 0 Å². The van der Waals surface area contributed by atoms with E-state index in [2.05, 4.69) is 10.4 Å². The predicted octanol–water partition coefficient (Wildman–Crippen LogP) is 4.37. The van der Waals surface area contributed by atoms with Gasteiger partial charge in [-0.05, 0) is 61.2 Å². The van der Waals surface area contributed by atoms with Gasteiger partial charge in [0.15, 0.2) is 0 Å². The Hall–Kier alpha value is -2.85. The Balaban J connectivity index is 1.30. The first-order valence-electron chi connectivity index (χ1n) is 14.7. The molecule has 42 heavy (non-hydrogen) atoms. The summed E-state index contributed by atoms with van der Waals surface area (Å²) in [4.78, 5) is 44.6. The average Bonchev–Trinajstić information content (AvgIpc) is 3.02. The average molecular weight is 617 g/mol. The van der Waals surface area contributed by atoms with Crippen molar-refractivity contribution in [3.05, 3.63) is 63.6 Å². The molecule has 0 radical (unpaired) electrons. The van der Waals surface area contributed by atoms with Crippen LogP contribution in [-0.4, -0.2) is 103 Å². The third-order valence-corrected chi connectivity index (χ3v) is 9.54. The van der Waals surface area contributed by atoms with Gasteiger partial charge in [0.2, 0.25) is 11.8 Å². The van der Waals surface area contributed by atoms with Gasteiger partial charge in [0.05, 0.1) is 23.3 Å². The second-order valence-corrected chi connectivity index (χ2v) is 12.2. The molecule has 2 atom stereocenters. The standard InChI is InChI=1S/C31H39Cl2N5O4/c1-21(39)36-12-9-23(10-13-36)31(41)37-14-11-29(26(20-37)24-5-8-27(32)28(33)19-24)35(2)30(40)22-3-6-25(7-4-22)34-38-15-17-42-18-16-38/h3-8,19,23,26,29,34H,9-18,20H2,1-2H3/t26-,29+/m0/s1. The van der Waals surface area contributed by atoms with Crippen molar-refractivity contribution < 1.29 is 19.1 Å². The largest absolute Gasteiger partial charge is 0.379 e. The lowest BCUT2D eigenvalue weighted by Crippen LogP contribution is -2.53. The summed E-state index contributed by atoms with van der Waals surface area (Å²) in [6, 6.07) is 13.0. The quantitative estimate of drug-likeness (QED) is 0.519. The molecule has 11 heteroatoms. The van der Waals surface area contributed by atoms with Crippen LogP contribution in [0.3, 0.4) is 0 Å². The SMILES string of the molecule is CC(=O)N1CCC(C(=O)N2CC[C@@H](N(C)C(=O)c3ccc(NN4CCOCC4)cc3)[C@H](c3ccc(Cl)c(Cl)c3)C2)CC1. The van der Waals surface area contributed by atoms with Crippen LogP contribution in [0.1, 0.15) is 48.0 Å². The summed E-state index contributed by atoms with van der Waals surface area (Å²) in [5, 5.41) is 3.02. The van der Waals surface area contributed by atoms with Gasteiger partial charge in [-0.3, -0.25) is 14.4 Å². The van der Waals surface area contributed by atoms with E-state index in [1.807, 2.05) is 53.2 Å². The van der Waals surface area contributed by atoms with E-state index < -0.39 is 0 Å². The maximum Gasteiger partial charge on any atom is 0.253 e. The molecule has 2 aromatic rings. The normalized spacial score (nSPS) is 22.1. The molecule has 5 rings (SSSR count). The van der Waals surface area contributed by atoms with Crippen LogP contribution >= 0.6 is 23.2 Å². The number of halogens is 2. The Morgan fingerprint density at radius 3 is 2.19 bits per heavy atom. The number of nitrogens with one attached hydrogen (secondary N) is 1. The molecule has 3 amide bonds. The number of hydrazine groups is 1. The number of anilines is 1. The van der Waals surface area contributed by atoms with E-state index in [-0.39, 0.29) is 35.6 Å². The number of carbonyl (C=O) groups is 3. The Kier molecular flexibility index (Phi) is 9.93. The number of hydrogen-bond acceptors (Lipinski definition) is 6. The molecule has 2 aromatic carbocycles. The molecule has 1 N–H and O–H groups in total. The summed E-state index contributed by atoms with van der Waals surface area (Å²) in [5.41, 5.74) is 5.85. The molecule has 226 valence electrons. The summed E-state index contributed by atoms with van der Waals surface area (Å²) < 4.78 is 5.41. The number of ether oxygens (including phenoxy) is 1. The van der Waals surface area contributed by atoms with Crippen molar-refractivity contribution in [1.29, 1.82) is 0 Å². The van der Waals surface area contributed by atoms with Gasteiger partial charge in [-0.25, -0.2) is 5.01 Å². The van der Waals surface area contributed by atoms with E-state index in [0.29, 0.717) is 74.3 Å². The van der Waals surface area contributed by atoms with Crippen LogP contribution in [0.5, 0.6) is 0 Å². The lowest BCUT2D eigenvalue weighted by molar-refractivity contribution is -0.141. The van der Waals surface area contributed by atoms with Crippen molar-refractivity contribution >= 4 is 46.6 Å². The molecule has 3 saturated heterocycles. The van der Waals surface area contributed by atoms with Gasteiger partial charge in [-0.1, -0.05) is 29.3 Å². The van der Waals surface area contributed by atoms with E-state index >= 15 is 0 Å². The van der Waals surface area contributed by atoms with E-state index in [0.717, 1.165) is 24.3 Å². The van der Waals surface area contributed by atoms with Gasteiger partial charge >= 0.3 is 0 Å². The summed E-state index contributed by atoms with van der Waals surface area (Å²) >= 11 is 12.7. The Morgan fingerprint density at radius 2 is 1.55 bits per heavy atom. The van der Waals surface area contributed by atoms with E-state index in [1.165, 1.54) is 0 Å². The first-order chi connectivity index (χ1) is 20.2. The third-order valence-electron chi connectivity index (χ3n) is 8.80. The highest BCUT2D eigenvalue weighted by Crippen LogP contribution is 2.35. The molecule has 0 unspecified atom stereocenters. The molecule has 3 heterocycles. The third kappa shape index (κ3) is 7.02. The van der Waals surface area contributed by atoms with Crippen molar-refractivity contribution in [3.63, 3.8) is 0 Å². The van der Waals surface area contributed by atoms with Gasteiger partial charge in [0, 0.05) is 82.4 Å². The molecular weight excluding hydrogens is 577 g/mol. The first-order valence-corrected chi connectivity index (χ1v) is 15.4. The molecule has 0 saturated carbocycles. The van der Waals surface area contributed by atoms with Crippen molar-refractivity contribution in [2.45, 2.75) is 38.1 Å². The molecule has 9 nitrogen and oxygen atoms in total. The van der Waals surface area contributed by atoms with Crippen molar-refractivity contribution in [3.8, 4) is 0 Å². The Bertz CT molecular complexity index is 1280. The Morgan fingerprint density at radius 1 is 0.881 bits per heavy atom. The van der Waals surface area contributed by atoms with Gasteiger partial charge < -0.3 is 24.9 Å². The Labute approximate surface area is 257 Å². The van der Waals surface area contributed by atoms with E-state index in [9.17, 15) is 14.4 Å². The maximum absolute atomic E-state index is 13.7.